The lowest BCUT2D eigenvalue weighted by atomic mass is 9.68. The van der Waals surface area contributed by atoms with Gasteiger partial charge in [0.05, 0.1) is 19.1 Å². The number of aliphatic hydroxyl groups is 1. The molecule has 0 spiro atoms. The number of ether oxygens (including phenoxy) is 1. The number of aliphatic hydroxyl groups excluding tert-OH is 1. The lowest BCUT2D eigenvalue weighted by molar-refractivity contribution is -0.241. The number of rotatable bonds is 4. The molecular formula is C11H19NO3. The number of carbonyl (C=O) groups excluding carboxylic acids is 1. The highest BCUT2D eigenvalue weighted by atomic mass is 16.5. The number of hydrogen-bond donors (Lipinski definition) is 2. The van der Waals surface area contributed by atoms with Crippen LogP contribution >= 0.6 is 0 Å². The maximum absolute atomic E-state index is 11.9. The summed E-state index contributed by atoms with van der Waals surface area (Å²) in [6.45, 7) is 4.51. The molecule has 3 atom stereocenters. The second-order valence-electron chi connectivity index (χ2n) is 4.60. The van der Waals surface area contributed by atoms with E-state index in [1.165, 1.54) is 0 Å². The zero-order chi connectivity index (χ0) is 11.1. The molecule has 0 aliphatic carbocycles. The molecule has 2 saturated heterocycles. The third-order valence-corrected chi connectivity index (χ3v) is 4.00. The summed E-state index contributed by atoms with van der Waals surface area (Å²) in [6.07, 6.45) is 2.57. The summed E-state index contributed by atoms with van der Waals surface area (Å²) in [5.41, 5.74) is -0.951. The third kappa shape index (κ3) is 1.12. The maximum Gasteiger partial charge on any atom is 0.226 e. The molecule has 0 unspecified atom stereocenters. The SMILES string of the molecule is CCC[C@H]1C(=O)N[C@@]2(CO)CO[C@@]12CC. The van der Waals surface area contributed by atoms with Gasteiger partial charge in [-0.2, -0.15) is 0 Å². The molecule has 2 N–H and O–H groups in total. The van der Waals surface area contributed by atoms with E-state index in [-0.39, 0.29) is 18.4 Å². The van der Waals surface area contributed by atoms with Crippen molar-refractivity contribution in [2.75, 3.05) is 13.2 Å². The van der Waals surface area contributed by atoms with Crippen molar-refractivity contribution >= 4 is 5.91 Å². The predicted molar refractivity (Wildman–Crippen MR) is 55.3 cm³/mol. The summed E-state index contributed by atoms with van der Waals surface area (Å²) in [6, 6.07) is 0. The number of carbonyl (C=O) groups is 1. The van der Waals surface area contributed by atoms with Crippen LogP contribution in [-0.2, 0) is 9.53 Å². The Morgan fingerprint density at radius 2 is 2.33 bits per heavy atom. The van der Waals surface area contributed by atoms with Crippen LogP contribution < -0.4 is 5.32 Å². The van der Waals surface area contributed by atoms with E-state index in [9.17, 15) is 9.90 Å². The van der Waals surface area contributed by atoms with Crippen molar-refractivity contribution < 1.29 is 14.6 Å². The van der Waals surface area contributed by atoms with Crippen LogP contribution in [-0.4, -0.2) is 35.4 Å². The molecule has 1 amide bonds. The van der Waals surface area contributed by atoms with E-state index in [4.69, 9.17) is 4.74 Å². The van der Waals surface area contributed by atoms with E-state index < -0.39 is 11.1 Å². The van der Waals surface area contributed by atoms with Crippen LogP contribution in [0.5, 0.6) is 0 Å². The molecule has 86 valence electrons. The van der Waals surface area contributed by atoms with E-state index in [0.29, 0.717) is 6.61 Å². The topological polar surface area (TPSA) is 58.6 Å². The Morgan fingerprint density at radius 1 is 1.60 bits per heavy atom. The summed E-state index contributed by atoms with van der Waals surface area (Å²) in [7, 11) is 0. The van der Waals surface area contributed by atoms with Gasteiger partial charge in [-0.3, -0.25) is 4.79 Å². The molecule has 0 aromatic carbocycles. The first kappa shape index (κ1) is 10.9. The van der Waals surface area contributed by atoms with Gasteiger partial charge in [-0.05, 0) is 12.8 Å². The van der Waals surface area contributed by atoms with E-state index in [0.717, 1.165) is 19.3 Å². The highest BCUT2D eigenvalue weighted by Gasteiger charge is 2.70. The summed E-state index contributed by atoms with van der Waals surface area (Å²) in [4.78, 5) is 11.9. The Kier molecular flexibility index (Phi) is 2.51. The monoisotopic (exact) mass is 213 g/mol. The van der Waals surface area contributed by atoms with Crippen molar-refractivity contribution in [3.05, 3.63) is 0 Å². The minimum absolute atomic E-state index is 0.0210. The van der Waals surface area contributed by atoms with E-state index in [1.807, 2.05) is 6.92 Å². The van der Waals surface area contributed by atoms with Crippen molar-refractivity contribution in [2.24, 2.45) is 5.92 Å². The van der Waals surface area contributed by atoms with Crippen LogP contribution in [0.3, 0.4) is 0 Å². The van der Waals surface area contributed by atoms with Crippen LogP contribution in [0.4, 0.5) is 0 Å². The van der Waals surface area contributed by atoms with Crippen LogP contribution in [0.2, 0.25) is 0 Å². The fourth-order valence-electron chi connectivity index (χ4n) is 3.10. The second kappa shape index (κ2) is 3.46. The van der Waals surface area contributed by atoms with Crippen molar-refractivity contribution in [1.82, 2.24) is 5.32 Å². The van der Waals surface area contributed by atoms with Crippen molar-refractivity contribution in [2.45, 2.75) is 44.2 Å². The molecule has 0 aromatic rings. The molecule has 2 rings (SSSR count). The lowest BCUT2D eigenvalue weighted by Crippen LogP contribution is -2.73. The molecule has 0 aromatic heterocycles. The smallest absolute Gasteiger partial charge is 0.226 e. The molecule has 2 aliphatic rings. The molecule has 2 aliphatic heterocycles. The Balaban J connectivity index is 2.30. The number of nitrogens with one attached hydrogen (secondary N) is 1. The van der Waals surface area contributed by atoms with Crippen molar-refractivity contribution in [3.8, 4) is 0 Å². The first-order chi connectivity index (χ1) is 7.15. The molecule has 15 heavy (non-hydrogen) atoms. The normalized spacial score (nSPS) is 43.4. The Labute approximate surface area is 90.0 Å². The largest absolute Gasteiger partial charge is 0.394 e. The zero-order valence-corrected chi connectivity index (χ0v) is 9.38. The van der Waals surface area contributed by atoms with Gasteiger partial charge in [0.2, 0.25) is 5.91 Å². The quantitative estimate of drug-likeness (QED) is 0.712. The van der Waals surface area contributed by atoms with Gasteiger partial charge in [-0.25, -0.2) is 0 Å². The van der Waals surface area contributed by atoms with Gasteiger partial charge < -0.3 is 15.2 Å². The van der Waals surface area contributed by atoms with Crippen LogP contribution in [0.15, 0.2) is 0 Å². The summed E-state index contributed by atoms with van der Waals surface area (Å²) < 4.78 is 5.68. The van der Waals surface area contributed by atoms with Gasteiger partial charge in [0.25, 0.3) is 0 Å². The lowest BCUT2D eigenvalue weighted by Gasteiger charge is -2.54. The number of fused-ring (bicyclic) bond motifs is 1. The summed E-state index contributed by atoms with van der Waals surface area (Å²) >= 11 is 0. The van der Waals surface area contributed by atoms with E-state index >= 15 is 0 Å². The standard InChI is InChI=1S/C11H19NO3/c1-3-5-8-9(14)12-10(6-13)7-15-11(8,10)4-2/h8,13H,3-7H2,1-2H3,(H,12,14)/t8-,10-,11-/m0/s1. The van der Waals surface area contributed by atoms with Gasteiger partial charge >= 0.3 is 0 Å². The predicted octanol–water partition coefficient (Wildman–Crippen LogP) is 0.443. The zero-order valence-electron chi connectivity index (χ0n) is 9.38. The molecular weight excluding hydrogens is 194 g/mol. The fourth-order valence-corrected chi connectivity index (χ4v) is 3.10. The highest BCUT2D eigenvalue weighted by molar-refractivity contribution is 5.85. The van der Waals surface area contributed by atoms with Crippen molar-refractivity contribution in [3.63, 3.8) is 0 Å². The highest BCUT2D eigenvalue weighted by Crippen LogP contribution is 2.51. The Morgan fingerprint density at radius 3 is 2.73 bits per heavy atom. The first-order valence-corrected chi connectivity index (χ1v) is 5.72. The van der Waals surface area contributed by atoms with Crippen molar-refractivity contribution in [1.29, 1.82) is 0 Å². The minimum atomic E-state index is -0.501. The van der Waals surface area contributed by atoms with E-state index in [1.54, 1.807) is 0 Å². The third-order valence-electron chi connectivity index (χ3n) is 4.00. The maximum atomic E-state index is 11.9. The molecule has 0 radical (unpaired) electrons. The number of amides is 1. The first-order valence-electron chi connectivity index (χ1n) is 5.72. The second-order valence-corrected chi connectivity index (χ2v) is 4.60. The number of hydrogen-bond acceptors (Lipinski definition) is 3. The van der Waals surface area contributed by atoms with Crippen LogP contribution in [0.1, 0.15) is 33.1 Å². The molecule has 2 fully saturated rings. The Hall–Kier alpha value is -0.610. The van der Waals surface area contributed by atoms with Gasteiger partial charge in [0, 0.05) is 0 Å². The summed E-state index contributed by atoms with van der Waals surface area (Å²) in [5, 5.41) is 12.4. The van der Waals surface area contributed by atoms with Crippen LogP contribution in [0.25, 0.3) is 0 Å². The molecule has 2 heterocycles. The van der Waals surface area contributed by atoms with Crippen LogP contribution in [0, 0.1) is 5.92 Å². The Bertz CT molecular complexity index is 273. The molecule has 0 bridgehead atoms. The minimum Gasteiger partial charge on any atom is -0.394 e. The van der Waals surface area contributed by atoms with Gasteiger partial charge in [-0.15, -0.1) is 0 Å². The average molecular weight is 213 g/mol. The average Bonchev–Trinajstić information content (AvgIpc) is 2.38. The van der Waals surface area contributed by atoms with Gasteiger partial charge in [0.1, 0.15) is 11.1 Å². The van der Waals surface area contributed by atoms with E-state index in [2.05, 4.69) is 12.2 Å². The van der Waals surface area contributed by atoms with Gasteiger partial charge in [-0.1, -0.05) is 20.3 Å². The molecule has 4 nitrogen and oxygen atoms in total. The fraction of sp³-hybridized carbons (Fsp3) is 0.909. The molecule has 4 heteroatoms. The van der Waals surface area contributed by atoms with Gasteiger partial charge in [0.15, 0.2) is 0 Å². The summed E-state index contributed by atoms with van der Waals surface area (Å²) in [5.74, 6) is -0.0429. The molecule has 0 saturated carbocycles.